The van der Waals surface area contributed by atoms with Crippen LogP contribution < -0.4 is 0 Å². The van der Waals surface area contributed by atoms with Crippen molar-refractivity contribution in [3.05, 3.63) is 11.1 Å². The van der Waals surface area contributed by atoms with Gasteiger partial charge in [0.15, 0.2) is 11.9 Å². The van der Waals surface area contributed by atoms with E-state index in [9.17, 15) is 19.1 Å². The molecule has 2 unspecified atom stereocenters. The van der Waals surface area contributed by atoms with Crippen molar-refractivity contribution < 1.29 is 47.4 Å². The summed E-state index contributed by atoms with van der Waals surface area (Å²) in [6.07, 6.45) is -0.132. The first-order chi connectivity index (χ1) is 15.4. The van der Waals surface area contributed by atoms with Gasteiger partial charge in [0, 0.05) is 11.0 Å². The summed E-state index contributed by atoms with van der Waals surface area (Å²) in [4.78, 5) is 30.9. The number of epoxide rings is 3. The van der Waals surface area contributed by atoms with E-state index in [1.165, 1.54) is 6.92 Å². The Kier molecular flexibility index (Phi) is 3.85. The average Bonchev–Trinajstić information content (AvgIpc) is 3.59. The van der Waals surface area contributed by atoms with E-state index in [1.807, 2.05) is 0 Å². The molecule has 7 aliphatic rings. The van der Waals surface area contributed by atoms with Gasteiger partial charge in [0.1, 0.15) is 36.1 Å². The summed E-state index contributed by atoms with van der Waals surface area (Å²) in [5.41, 5.74) is -0.513. The maximum atomic E-state index is 12.3. The third kappa shape index (κ3) is 2.26. The predicted octanol–water partition coefficient (Wildman–Crippen LogP) is 1.58. The van der Waals surface area contributed by atoms with Crippen molar-refractivity contribution in [3.63, 3.8) is 0 Å². The Morgan fingerprint density at radius 1 is 1.15 bits per heavy atom. The van der Waals surface area contributed by atoms with Gasteiger partial charge in [-0.15, -0.1) is 0 Å². The van der Waals surface area contributed by atoms with Crippen LogP contribution in [0.5, 0.6) is 0 Å². The highest BCUT2D eigenvalue weighted by Crippen LogP contribution is 2.83. The quantitative estimate of drug-likeness (QED) is 0.256. The van der Waals surface area contributed by atoms with Gasteiger partial charge in [0.2, 0.25) is 0 Å². The molecule has 10 nitrogen and oxygen atoms in total. The van der Waals surface area contributed by atoms with E-state index < -0.39 is 37.0 Å². The molecule has 11 heteroatoms. The number of fused-ring (bicyclic) bond motifs is 4. The maximum absolute atomic E-state index is 12.3. The minimum absolute atomic E-state index is 0.0724. The van der Waals surface area contributed by atoms with Gasteiger partial charge >= 0.3 is 13.8 Å². The first-order valence-electron chi connectivity index (χ1n) is 11.7. The second-order valence-electron chi connectivity index (χ2n) is 11.2. The van der Waals surface area contributed by atoms with Crippen molar-refractivity contribution in [1.82, 2.24) is 0 Å². The lowest BCUT2D eigenvalue weighted by atomic mass is 9.46. The molecule has 182 valence electrons. The monoisotopic (exact) mass is 484 g/mol. The van der Waals surface area contributed by atoms with Crippen LogP contribution in [0.25, 0.3) is 0 Å². The molecule has 0 radical (unpaired) electrons. The number of phosphoric ester groups is 1. The molecule has 0 amide bonds. The minimum atomic E-state index is -4.74. The summed E-state index contributed by atoms with van der Waals surface area (Å²) in [6.45, 7) is 8.15. The zero-order valence-electron chi connectivity index (χ0n) is 19.0. The fourth-order valence-electron chi connectivity index (χ4n) is 8.28. The number of cyclic esters (lactones) is 1. The van der Waals surface area contributed by atoms with Crippen LogP contribution in [0.3, 0.4) is 0 Å². The largest absolute Gasteiger partial charge is 0.471 e. The lowest BCUT2D eigenvalue weighted by Crippen LogP contribution is -2.70. The smallest absolute Gasteiger partial charge is 0.458 e. The average molecular weight is 484 g/mol. The molecular weight excluding hydrogens is 455 g/mol. The van der Waals surface area contributed by atoms with Gasteiger partial charge in [-0.3, -0.25) is 4.52 Å². The van der Waals surface area contributed by atoms with Crippen molar-refractivity contribution >= 4 is 13.8 Å². The fraction of sp³-hybridized carbons (Fsp3) is 0.864. The molecule has 3 saturated heterocycles. The molecule has 0 aromatic rings. The van der Waals surface area contributed by atoms with Crippen molar-refractivity contribution in [2.24, 2.45) is 17.3 Å². The van der Waals surface area contributed by atoms with Crippen molar-refractivity contribution in [1.29, 1.82) is 0 Å². The molecule has 5 fully saturated rings. The summed E-state index contributed by atoms with van der Waals surface area (Å²) < 4.78 is 47.5. The van der Waals surface area contributed by atoms with Crippen LogP contribution in [0.1, 0.15) is 47.0 Å². The first-order valence-corrected chi connectivity index (χ1v) is 13.3. The van der Waals surface area contributed by atoms with Crippen molar-refractivity contribution in [3.8, 4) is 0 Å². The molecule has 0 aromatic carbocycles. The molecule has 2 saturated carbocycles. The Bertz CT molecular complexity index is 1050. The molecular formula is C22H29O10P. The van der Waals surface area contributed by atoms with Crippen LogP contribution >= 0.6 is 7.82 Å². The van der Waals surface area contributed by atoms with E-state index >= 15 is 0 Å². The summed E-state index contributed by atoms with van der Waals surface area (Å²) in [6, 6.07) is 0. The van der Waals surface area contributed by atoms with Crippen LogP contribution in [0.15, 0.2) is 11.1 Å². The highest BCUT2D eigenvalue weighted by atomic mass is 31.2. The molecule has 2 N–H and O–H groups in total. The Morgan fingerprint density at radius 3 is 2.61 bits per heavy atom. The number of carbonyl (C=O) groups excluding carboxylic acids is 1. The van der Waals surface area contributed by atoms with Gasteiger partial charge in [-0.2, -0.15) is 0 Å². The minimum Gasteiger partial charge on any atom is -0.458 e. The van der Waals surface area contributed by atoms with Crippen LogP contribution in [0.4, 0.5) is 0 Å². The number of esters is 1. The van der Waals surface area contributed by atoms with Crippen molar-refractivity contribution in [2.45, 2.75) is 94.5 Å². The van der Waals surface area contributed by atoms with Gasteiger partial charge in [-0.1, -0.05) is 20.8 Å². The fourth-order valence-corrected chi connectivity index (χ4v) is 8.72. The van der Waals surface area contributed by atoms with E-state index in [1.54, 1.807) is 0 Å². The molecule has 4 aliphatic heterocycles. The molecule has 10 atom stereocenters. The van der Waals surface area contributed by atoms with Crippen LogP contribution in [0.2, 0.25) is 0 Å². The number of rotatable bonds is 5. The molecule has 0 aromatic heterocycles. The third-order valence-electron chi connectivity index (χ3n) is 9.68. The maximum Gasteiger partial charge on any atom is 0.471 e. The zero-order valence-corrected chi connectivity index (χ0v) is 19.9. The lowest BCUT2D eigenvalue weighted by molar-refractivity contribution is -0.191. The normalized spacial score (nSPS) is 53.8. The Hall–Kier alpha value is -0.840. The third-order valence-corrected chi connectivity index (χ3v) is 10.3. The number of ether oxygens (including phenoxy) is 5. The van der Waals surface area contributed by atoms with E-state index in [-0.39, 0.29) is 41.5 Å². The standard InChI is InChI=1S/C22H29O10P/c1-9(2)20-15(30-20)16-22(31-16)19(4)6-5-11-12(8-27-17(11)23)13(19)7-14-21(22,29-14)18(20)28-10(3)32-33(24,25)26/h9-10,13-16,18H,5-8H2,1-4H3,(H2,24,25,26)/t10?,13-,14?,15-,16-,18+,19-,20-,21+,22+/m0/s1. The molecule has 7 rings (SSSR count). The molecule has 33 heavy (non-hydrogen) atoms. The first kappa shape index (κ1) is 21.4. The zero-order chi connectivity index (χ0) is 23.3. The van der Waals surface area contributed by atoms with Gasteiger partial charge in [0.05, 0.1) is 6.10 Å². The van der Waals surface area contributed by atoms with E-state index in [2.05, 4.69) is 20.8 Å². The lowest BCUT2D eigenvalue weighted by Gasteiger charge is -2.54. The molecule has 3 aliphatic carbocycles. The number of carbonyl (C=O) groups is 1. The predicted molar refractivity (Wildman–Crippen MR) is 109 cm³/mol. The molecule has 2 spiro atoms. The summed E-state index contributed by atoms with van der Waals surface area (Å²) in [5.74, 6) is -0.0275. The van der Waals surface area contributed by atoms with E-state index in [0.717, 1.165) is 24.0 Å². The van der Waals surface area contributed by atoms with Crippen LogP contribution in [-0.4, -0.2) is 69.9 Å². The SMILES string of the molecule is CC(O[C@@H]1[C@@]2(C(C)C)O[C@H]2[C@@H]2O[C@@]23[C@@]2(C)CCC4=C(COC4=O)[C@@H]2CC2O[C@]213)OP(=O)(O)O. The van der Waals surface area contributed by atoms with Crippen LogP contribution in [-0.2, 0) is 37.6 Å². The molecule has 0 bridgehead atoms. The topological polar surface area (TPSA) is 140 Å². The Morgan fingerprint density at radius 2 is 1.91 bits per heavy atom. The molecule has 4 heterocycles. The second-order valence-corrected chi connectivity index (χ2v) is 12.4. The van der Waals surface area contributed by atoms with Gasteiger partial charge in [-0.25, -0.2) is 9.36 Å². The number of phosphoric acid groups is 1. The summed E-state index contributed by atoms with van der Waals surface area (Å²) in [5, 5.41) is 0. The number of hydrogen-bond acceptors (Lipinski definition) is 8. The Labute approximate surface area is 191 Å². The van der Waals surface area contributed by atoms with E-state index in [4.69, 9.17) is 28.2 Å². The Balaban J connectivity index is 1.31. The highest BCUT2D eigenvalue weighted by Gasteiger charge is 3.00. The van der Waals surface area contributed by atoms with Gasteiger partial charge < -0.3 is 33.5 Å². The highest BCUT2D eigenvalue weighted by molar-refractivity contribution is 7.46. The van der Waals surface area contributed by atoms with Crippen molar-refractivity contribution in [2.75, 3.05) is 6.61 Å². The second kappa shape index (κ2) is 5.93. The number of hydrogen-bond donors (Lipinski definition) is 2. The van der Waals surface area contributed by atoms with Gasteiger partial charge in [0.25, 0.3) is 0 Å². The van der Waals surface area contributed by atoms with E-state index in [0.29, 0.717) is 13.0 Å². The summed E-state index contributed by atoms with van der Waals surface area (Å²) in [7, 11) is -4.74. The summed E-state index contributed by atoms with van der Waals surface area (Å²) >= 11 is 0. The van der Waals surface area contributed by atoms with Crippen LogP contribution in [0, 0.1) is 17.3 Å². The van der Waals surface area contributed by atoms with Gasteiger partial charge in [-0.05, 0) is 43.6 Å².